The van der Waals surface area contributed by atoms with Crippen molar-refractivity contribution in [3.8, 4) is 11.5 Å². The van der Waals surface area contributed by atoms with E-state index in [1.807, 2.05) is 24.3 Å². The Labute approximate surface area is 281 Å². The van der Waals surface area contributed by atoms with Crippen LogP contribution in [-0.4, -0.2) is 63.5 Å². The normalized spacial score (nSPS) is 17.3. The average molecular weight is 672 g/mol. The summed E-state index contributed by atoms with van der Waals surface area (Å²) in [6, 6.07) is 32.4. The first kappa shape index (κ1) is 34.6. The number of carbonyl (C=O) groups is 1. The second-order valence-corrected chi connectivity index (χ2v) is 13.5. The molecule has 0 saturated carbocycles. The van der Waals surface area contributed by atoms with E-state index < -0.39 is 27.4 Å². The number of aliphatic hydroxyl groups excluding tert-OH is 1. The molecule has 3 N–H and O–H groups in total. The summed E-state index contributed by atoms with van der Waals surface area (Å²) in [5.41, 5.74) is 6.58. The third-order valence-corrected chi connectivity index (χ3v) is 9.82. The molecule has 1 aliphatic heterocycles. The minimum atomic E-state index is -3.78. The zero-order valence-electron chi connectivity index (χ0n) is 26.9. The van der Waals surface area contributed by atoms with Crippen molar-refractivity contribution in [2.45, 2.75) is 42.2 Å². The van der Waals surface area contributed by atoms with Gasteiger partial charge in [0.05, 0.1) is 24.4 Å². The standard InChI is InChI=1S/C37H41N3O7S/c1-45-32-15-8-14-30(27-32)34-37(22-26-48(43,44)33-16-6-3-7-17-33,36(42)40-38-23-9-13-28-11-4-2-5-12-28)39-35(47-34)29-18-20-31(21-19-29)46-25-10-24-41/h2-8,11-12,14-21,27,34,38,41H,9-10,13,22-26H2,1H3,(H,40,42)/t34-,37-/m0/s1. The van der Waals surface area contributed by atoms with Gasteiger partial charge in [0, 0.05) is 31.6 Å². The maximum absolute atomic E-state index is 14.3. The van der Waals surface area contributed by atoms with Crippen molar-refractivity contribution in [3.05, 3.63) is 126 Å². The van der Waals surface area contributed by atoms with Gasteiger partial charge in [0.25, 0.3) is 5.91 Å². The van der Waals surface area contributed by atoms with Crippen molar-refractivity contribution in [1.29, 1.82) is 0 Å². The van der Waals surface area contributed by atoms with E-state index in [-0.39, 0.29) is 29.6 Å². The lowest BCUT2D eigenvalue weighted by atomic mass is 9.85. The molecule has 0 saturated heterocycles. The van der Waals surface area contributed by atoms with Crippen LogP contribution in [-0.2, 0) is 25.8 Å². The van der Waals surface area contributed by atoms with Gasteiger partial charge >= 0.3 is 0 Å². The molecule has 0 bridgehead atoms. The van der Waals surface area contributed by atoms with E-state index in [0.717, 1.165) is 12.8 Å². The highest BCUT2D eigenvalue weighted by Crippen LogP contribution is 2.43. The molecular formula is C37H41N3O7S. The van der Waals surface area contributed by atoms with E-state index in [0.29, 0.717) is 42.2 Å². The number of carbonyl (C=O) groups excluding carboxylic acids is 1. The van der Waals surface area contributed by atoms with Gasteiger partial charge in [0.15, 0.2) is 21.5 Å². The summed E-state index contributed by atoms with van der Waals surface area (Å²) in [7, 11) is -2.23. The number of nitrogens with one attached hydrogen (secondary N) is 2. The first-order valence-electron chi connectivity index (χ1n) is 15.9. The zero-order chi connectivity index (χ0) is 33.8. The van der Waals surface area contributed by atoms with Crippen LogP contribution in [0.4, 0.5) is 0 Å². The average Bonchev–Trinajstić information content (AvgIpc) is 3.53. The monoisotopic (exact) mass is 671 g/mol. The maximum atomic E-state index is 14.3. The summed E-state index contributed by atoms with van der Waals surface area (Å²) in [6.07, 6.45) is 0.956. The Morgan fingerprint density at radius 2 is 1.65 bits per heavy atom. The molecule has 1 aliphatic rings. The van der Waals surface area contributed by atoms with Gasteiger partial charge < -0.3 is 19.3 Å². The van der Waals surface area contributed by atoms with Gasteiger partial charge in [-0.25, -0.2) is 18.8 Å². The van der Waals surface area contributed by atoms with Gasteiger partial charge in [-0.2, -0.15) is 0 Å². The molecule has 0 radical (unpaired) electrons. The Morgan fingerprint density at radius 1 is 0.917 bits per heavy atom. The van der Waals surface area contributed by atoms with Crippen LogP contribution in [0.2, 0.25) is 0 Å². The van der Waals surface area contributed by atoms with Crippen LogP contribution >= 0.6 is 0 Å². The van der Waals surface area contributed by atoms with Gasteiger partial charge in [0.1, 0.15) is 11.5 Å². The smallest absolute Gasteiger partial charge is 0.266 e. The third-order valence-electron chi connectivity index (χ3n) is 8.09. The van der Waals surface area contributed by atoms with Gasteiger partial charge in [-0.15, -0.1) is 0 Å². The molecule has 0 fully saturated rings. The molecule has 4 aromatic carbocycles. The molecule has 11 heteroatoms. The Morgan fingerprint density at radius 3 is 2.35 bits per heavy atom. The number of rotatable bonds is 17. The van der Waals surface area contributed by atoms with Crippen LogP contribution in [0.5, 0.6) is 11.5 Å². The molecule has 2 atom stereocenters. The molecule has 0 aliphatic carbocycles. The maximum Gasteiger partial charge on any atom is 0.266 e. The highest BCUT2D eigenvalue weighted by molar-refractivity contribution is 7.91. The fraction of sp³-hybridized carbons (Fsp3) is 0.297. The van der Waals surface area contributed by atoms with E-state index in [2.05, 4.69) is 23.0 Å². The Bertz CT molecular complexity index is 1770. The summed E-state index contributed by atoms with van der Waals surface area (Å²) < 4.78 is 44.7. The summed E-state index contributed by atoms with van der Waals surface area (Å²) in [5, 5.41) is 9.07. The lowest BCUT2D eigenvalue weighted by molar-refractivity contribution is -0.130. The molecule has 1 amide bonds. The Hall–Kier alpha value is -4.71. The van der Waals surface area contributed by atoms with Crippen molar-refractivity contribution in [3.63, 3.8) is 0 Å². The van der Waals surface area contributed by atoms with E-state index in [1.54, 1.807) is 79.9 Å². The van der Waals surface area contributed by atoms with Crippen molar-refractivity contribution >= 4 is 21.6 Å². The lowest BCUT2D eigenvalue weighted by Gasteiger charge is -2.30. The second-order valence-electron chi connectivity index (χ2n) is 11.4. The van der Waals surface area contributed by atoms with Crippen LogP contribution < -0.4 is 20.3 Å². The number of aliphatic hydroxyl groups is 1. The number of hydrogen-bond acceptors (Lipinski definition) is 9. The van der Waals surface area contributed by atoms with Crippen molar-refractivity contribution < 1.29 is 32.5 Å². The number of amides is 1. The van der Waals surface area contributed by atoms with Crippen LogP contribution in [0, 0.1) is 0 Å². The van der Waals surface area contributed by atoms with E-state index >= 15 is 0 Å². The largest absolute Gasteiger partial charge is 0.497 e. The SMILES string of the molecule is COc1cccc([C@@H]2OC(c3ccc(OCCCO)cc3)=N[C@]2(CCS(=O)(=O)c2ccccc2)C(=O)NNCCCc2ccccc2)c1. The van der Waals surface area contributed by atoms with Crippen LogP contribution in [0.15, 0.2) is 119 Å². The van der Waals surface area contributed by atoms with E-state index in [1.165, 1.54) is 5.56 Å². The molecular weight excluding hydrogens is 630 g/mol. The van der Waals surface area contributed by atoms with Gasteiger partial charge in [-0.1, -0.05) is 60.7 Å². The number of sulfone groups is 1. The fourth-order valence-electron chi connectivity index (χ4n) is 5.49. The lowest BCUT2D eigenvalue weighted by Crippen LogP contribution is -2.53. The van der Waals surface area contributed by atoms with Crippen LogP contribution in [0.25, 0.3) is 0 Å². The minimum Gasteiger partial charge on any atom is -0.497 e. The molecule has 4 aromatic rings. The first-order valence-corrected chi connectivity index (χ1v) is 17.6. The number of aliphatic imine (C=N–C) groups is 1. The summed E-state index contributed by atoms with van der Waals surface area (Å²) in [5.74, 6) is 0.488. The predicted molar refractivity (Wildman–Crippen MR) is 184 cm³/mol. The topological polar surface area (TPSA) is 136 Å². The first-order chi connectivity index (χ1) is 23.3. The number of nitrogens with zero attached hydrogens (tertiary/aromatic N) is 1. The molecule has 0 unspecified atom stereocenters. The number of benzene rings is 4. The number of hydrazine groups is 1. The molecule has 1 heterocycles. The minimum absolute atomic E-state index is 0.0282. The summed E-state index contributed by atoms with van der Waals surface area (Å²) in [4.78, 5) is 19.4. The van der Waals surface area contributed by atoms with Gasteiger partial charge in [-0.05, 0) is 72.5 Å². The van der Waals surface area contributed by atoms with Crippen LogP contribution in [0.3, 0.4) is 0 Å². The Kier molecular flexibility index (Phi) is 11.8. The van der Waals surface area contributed by atoms with Crippen molar-refractivity contribution in [2.75, 3.05) is 32.6 Å². The summed E-state index contributed by atoms with van der Waals surface area (Å²) >= 11 is 0. The van der Waals surface area contributed by atoms with E-state index in [9.17, 15) is 13.2 Å². The molecule has 10 nitrogen and oxygen atoms in total. The molecule has 48 heavy (non-hydrogen) atoms. The molecule has 252 valence electrons. The second kappa shape index (κ2) is 16.4. The fourth-order valence-corrected chi connectivity index (χ4v) is 6.87. The number of hydrogen-bond donors (Lipinski definition) is 3. The third kappa shape index (κ3) is 8.60. The van der Waals surface area contributed by atoms with Crippen molar-refractivity contribution in [1.82, 2.24) is 10.9 Å². The number of ether oxygens (including phenoxy) is 3. The molecule has 5 rings (SSSR count). The summed E-state index contributed by atoms with van der Waals surface area (Å²) in [6.45, 7) is 0.876. The zero-order valence-corrected chi connectivity index (χ0v) is 27.7. The molecule has 0 aromatic heterocycles. The van der Waals surface area contributed by atoms with Crippen LogP contribution in [0.1, 0.15) is 42.1 Å². The molecule has 0 spiro atoms. The van der Waals surface area contributed by atoms with Crippen molar-refractivity contribution in [2.24, 2.45) is 4.99 Å². The van der Waals surface area contributed by atoms with Gasteiger partial charge in [-0.3, -0.25) is 10.2 Å². The van der Waals surface area contributed by atoms with E-state index in [4.69, 9.17) is 24.3 Å². The van der Waals surface area contributed by atoms with Gasteiger partial charge in [0.2, 0.25) is 5.90 Å². The quantitative estimate of drug-likeness (QED) is 0.107. The predicted octanol–water partition coefficient (Wildman–Crippen LogP) is 4.83. The Balaban J connectivity index is 1.47. The highest BCUT2D eigenvalue weighted by Gasteiger charge is 2.53. The number of aryl methyl sites for hydroxylation is 1. The number of methoxy groups -OCH3 is 1. The highest BCUT2D eigenvalue weighted by atomic mass is 32.2.